The summed E-state index contributed by atoms with van der Waals surface area (Å²) in [4.78, 5) is 18.8. The number of hydrogen-bond donors (Lipinski definition) is 0. The first kappa shape index (κ1) is 16.3. The molecule has 0 atom stereocenters. The van der Waals surface area contributed by atoms with Crippen molar-refractivity contribution in [3.63, 3.8) is 0 Å². The molecule has 0 aromatic heterocycles. The van der Waals surface area contributed by atoms with Crippen LogP contribution in [0.5, 0.6) is 0 Å². The van der Waals surface area contributed by atoms with Gasteiger partial charge in [0.05, 0.1) is 17.0 Å². The van der Waals surface area contributed by atoms with E-state index in [-0.39, 0.29) is 10.8 Å². The Balaban J connectivity index is 1.81. The Kier molecular flexibility index (Phi) is 3.50. The monoisotopic (exact) mass is 326 g/mol. The smallest absolute Gasteiger partial charge is 0.150 e. The summed E-state index contributed by atoms with van der Waals surface area (Å²) in [5.41, 5.74) is 2.42. The average molecular weight is 326 g/mol. The Hall–Kier alpha value is -1.19. The fraction of sp³-hybridized carbons (Fsp3) is 0.667. The Labute approximate surface area is 146 Å². The summed E-state index contributed by atoms with van der Waals surface area (Å²) in [6.07, 6.45) is 0.345. The van der Waals surface area contributed by atoms with E-state index in [1.807, 2.05) is 0 Å². The third-order valence-electron chi connectivity index (χ3n) is 7.21. The van der Waals surface area contributed by atoms with Crippen LogP contribution in [0, 0.1) is 29.6 Å². The summed E-state index contributed by atoms with van der Waals surface area (Å²) in [5, 5.41) is 0. The molecule has 4 saturated heterocycles. The van der Waals surface area contributed by atoms with E-state index in [1.165, 1.54) is 11.1 Å². The molecule has 3 heteroatoms. The number of Topliss-reactive ketones (excluding diaryl/α,β-unsaturated/α-hetero) is 1. The maximum absolute atomic E-state index is 13.6. The van der Waals surface area contributed by atoms with Crippen molar-refractivity contribution in [2.45, 2.75) is 40.8 Å². The zero-order valence-electron chi connectivity index (χ0n) is 15.7. The van der Waals surface area contributed by atoms with Gasteiger partial charge in [0, 0.05) is 26.2 Å². The molecule has 0 spiro atoms. The molecule has 4 aliphatic rings. The molecule has 1 aromatic carbocycles. The molecule has 4 fully saturated rings. The van der Waals surface area contributed by atoms with Gasteiger partial charge in [0.2, 0.25) is 0 Å². The maximum atomic E-state index is 13.6. The second kappa shape index (κ2) is 5.15. The highest BCUT2D eigenvalue weighted by Crippen LogP contribution is 2.57. The molecule has 130 valence electrons. The fourth-order valence-corrected chi connectivity index (χ4v) is 5.55. The van der Waals surface area contributed by atoms with Crippen LogP contribution in [-0.4, -0.2) is 41.8 Å². The van der Waals surface area contributed by atoms with Gasteiger partial charge in [0.25, 0.3) is 0 Å². The SMILES string of the molecule is Cc1ccccc1C1N2CC3(C(C)C)CN1CC(C(C)C)(C2)C3=O. The molecule has 4 heterocycles. The standard InChI is InChI=1S/C21H30N2O/c1-14(2)20-10-22-12-21(15(3)4,19(20)24)13-23(11-20)18(22)17-9-7-6-8-16(17)5/h6-9,14-15,18H,10-13H2,1-5H3. The predicted octanol–water partition coefficient (Wildman–Crippen LogP) is 3.49. The lowest BCUT2D eigenvalue weighted by Crippen LogP contribution is -2.78. The van der Waals surface area contributed by atoms with Crippen LogP contribution in [0.2, 0.25) is 0 Å². The third-order valence-corrected chi connectivity index (χ3v) is 7.21. The van der Waals surface area contributed by atoms with Crippen molar-refractivity contribution in [1.82, 2.24) is 9.80 Å². The van der Waals surface area contributed by atoms with Crippen molar-refractivity contribution in [2.24, 2.45) is 22.7 Å². The number of aryl methyl sites for hydroxylation is 1. The van der Waals surface area contributed by atoms with Crippen molar-refractivity contribution in [2.75, 3.05) is 26.2 Å². The summed E-state index contributed by atoms with van der Waals surface area (Å²) in [5.74, 6) is 1.34. The van der Waals surface area contributed by atoms with Gasteiger partial charge in [-0.05, 0) is 29.9 Å². The molecule has 4 aliphatic heterocycles. The van der Waals surface area contributed by atoms with Gasteiger partial charge in [-0.3, -0.25) is 14.6 Å². The number of nitrogens with zero attached hydrogens (tertiary/aromatic N) is 2. The Bertz CT molecular complexity index is 632. The van der Waals surface area contributed by atoms with Crippen LogP contribution in [0.15, 0.2) is 24.3 Å². The van der Waals surface area contributed by atoms with Gasteiger partial charge in [-0.25, -0.2) is 0 Å². The molecule has 0 saturated carbocycles. The van der Waals surface area contributed by atoms with E-state index >= 15 is 0 Å². The number of benzene rings is 1. The van der Waals surface area contributed by atoms with E-state index < -0.39 is 0 Å². The van der Waals surface area contributed by atoms with Crippen molar-refractivity contribution < 1.29 is 4.79 Å². The number of carbonyl (C=O) groups excluding carboxylic acids is 1. The molecule has 4 bridgehead atoms. The van der Waals surface area contributed by atoms with E-state index in [4.69, 9.17) is 0 Å². The Morgan fingerprint density at radius 3 is 1.79 bits per heavy atom. The van der Waals surface area contributed by atoms with Crippen LogP contribution in [0.25, 0.3) is 0 Å². The lowest BCUT2D eigenvalue weighted by atomic mass is 9.53. The van der Waals surface area contributed by atoms with Crippen molar-refractivity contribution in [3.05, 3.63) is 35.4 Å². The zero-order valence-corrected chi connectivity index (χ0v) is 15.7. The number of rotatable bonds is 3. The van der Waals surface area contributed by atoms with Crippen LogP contribution < -0.4 is 0 Å². The fourth-order valence-electron chi connectivity index (χ4n) is 5.55. The molecule has 1 aromatic rings. The summed E-state index contributed by atoms with van der Waals surface area (Å²) in [6.45, 7) is 14.9. The molecule has 0 amide bonds. The highest BCUT2D eigenvalue weighted by Gasteiger charge is 2.67. The first-order chi connectivity index (χ1) is 11.3. The molecule has 3 nitrogen and oxygen atoms in total. The van der Waals surface area contributed by atoms with E-state index in [2.05, 4.69) is 68.7 Å². The van der Waals surface area contributed by atoms with Crippen molar-refractivity contribution >= 4 is 5.78 Å². The van der Waals surface area contributed by atoms with E-state index in [1.54, 1.807) is 0 Å². The van der Waals surface area contributed by atoms with Gasteiger partial charge in [-0.2, -0.15) is 0 Å². The van der Waals surface area contributed by atoms with Gasteiger partial charge in [-0.15, -0.1) is 0 Å². The summed E-state index contributed by atoms with van der Waals surface area (Å²) in [6, 6.07) is 8.75. The summed E-state index contributed by atoms with van der Waals surface area (Å²) >= 11 is 0. The lowest BCUT2D eigenvalue weighted by molar-refractivity contribution is -0.217. The van der Waals surface area contributed by atoms with Crippen LogP contribution in [0.3, 0.4) is 0 Å². The highest BCUT2D eigenvalue weighted by molar-refractivity contribution is 5.94. The quantitative estimate of drug-likeness (QED) is 0.849. The van der Waals surface area contributed by atoms with Gasteiger partial charge in [-0.1, -0.05) is 52.0 Å². The van der Waals surface area contributed by atoms with Crippen LogP contribution in [-0.2, 0) is 4.79 Å². The number of piperidine rings is 2. The molecular weight excluding hydrogens is 296 g/mol. The van der Waals surface area contributed by atoms with Crippen molar-refractivity contribution in [3.8, 4) is 0 Å². The molecule has 5 rings (SSSR count). The average Bonchev–Trinajstić information content (AvgIpc) is 2.52. The minimum Gasteiger partial charge on any atom is -0.298 e. The number of carbonyl (C=O) groups is 1. The van der Waals surface area contributed by atoms with Crippen LogP contribution >= 0.6 is 0 Å². The van der Waals surface area contributed by atoms with Gasteiger partial charge >= 0.3 is 0 Å². The van der Waals surface area contributed by atoms with Crippen LogP contribution in [0.1, 0.15) is 45.0 Å². The minimum atomic E-state index is -0.181. The summed E-state index contributed by atoms with van der Waals surface area (Å²) in [7, 11) is 0. The molecule has 0 aliphatic carbocycles. The molecule has 0 radical (unpaired) electrons. The predicted molar refractivity (Wildman–Crippen MR) is 96.6 cm³/mol. The largest absolute Gasteiger partial charge is 0.298 e. The highest BCUT2D eigenvalue weighted by atomic mass is 16.1. The van der Waals surface area contributed by atoms with Gasteiger partial charge < -0.3 is 0 Å². The third kappa shape index (κ3) is 1.89. The molecule has 0 unspecified atom stereocenters. The first-order valence-corrected chi connectivity index (χ1v) is 9.40. The van der Waals surface area contributed by atoms with Crippen LogP contribution in [0.4, 0.5) is 0 Å². The van der Waals surface area contributed by atoms with Crippen molar-refractivity contribution in [1.29, 1.82) is 0 Å². The van der Waals surface area contributed by atoms with E-state index in [0.29, 0.717) is 23.8 Å². The summed E-state index contributed by atoms with van der Waals surface area (Å²) < 4.78 is 0. The Morgan fingerprint density at radius 2 is 1.38 bits per heavy atom. The lowest BCUT2D eigenvalue weighted by Gasteiger charge is -2.68. The minimum absolute atomic E-state index is 0.181. The second-order valence-corrected chi connectivity index (χ2v) is 8.99. The van der Waals surface area contributed by atoms with Gasteiger partial charge in [0.1, 0.15) is 0 Å². The number of hydrogen-bond acceptors (Lipinski definition) is 3. The Morgan fingerprint density at radius 1 is 0.917 bits per heavy atom. The second-order valence-electron chi connectivity index (χ2n) is 8.99. The normalized spacial score (nSPS) is 40.8. The zero-order chi connectivity index (χ0) is 17.3. The van der Waals surface area contributed by atoms with E-state index in [0.717, 1.165) is 26.2 Å². The molecule has 24 heavy (non-hydrogen) atoms. The first-order valence-electron chi connectivity index (χ1n) is 9.40. The molecule has 0 N–H and O–H groups in total. The number of ketones is 1. The maximum Gasteiger partial charge on any atom is 0.150 e. The van der Waals surface area contributed by atoms with Gasteiger partial charge in [0.15, 0.2) is 5.78 Å². The van der Waals surface area contributed by atoms with E-state index in [9.17, 15) is 4.79 Å². The molecular formula is C21H30N2O. The topological polar surface area (TPSA) is 23.6 Å².